The zero-order chi connectivity index (χ0) is 13.1. The highest BCUT2D eigenvalue weighted by Crippen LogP contribution is 2.35. The highest BCUT2D eigenvalue weighted by Gasteiger charge is 2.20. The number of hydrogen-bond acceptors (Lipinski definition) is 5. The van der Waals surface area contributed by atoms with Gasteiger partial charge in [-0.05, 0) is 33.8 Å². The van der Waals surface area contributed by atoms with Crippen molar-refractivity contribution in [3.63, 3.8) is 0 Å². The van der Waals surface area contributed by atoms with Gasteiger partial charge in [0.2, 0.25) is 0 Å². The van der Waals surface area contributed by atoms with Crippen LogP contribution in [-0.2, 0) is 4.74 Å². The van der Waals surface area contributed by atoms with Gasteiger partial charge in [0.25, 0.3) is 0 Å². The van der Waals surface area contributed by atoms with E-state index in [4.69, 9.17) is 4.74 Å². The van der Waals surface area contributed by atoms with Crippen LogP contribution in [-0.4, -0.2) is 22.7 Å². The maximum atomic E-state index is 11.8. The van der Waals surface area contributed by atoms with E-state index in [2.05, 4.69) is 20.9 Å². The van der Waals surface area contributed by atoms with Gasteiger partial charge in [0.15, 0.2) is 11.4 Å². The molecule has 0 aromatic carbocycles. The Morgan fingerprint density at radius 1 is 1.61 bits per heavy atom. The molecule has 2 aromatic heterocycles. The van der Waals surface area contributed by atoms with Crippen molar-refractivity contribution in [1.29, 1.82) is 0 Å². The van der Waals surface area contributed by atoms with E-state index in [1.807, 2.05) is 12.3 Å². The third-order valence-corrected chi connectivity index (χ3v) is 4.22. The molecule has 0 bridgehead atoms. The first-order valence-corrected chi connectivity index (χ1v) is 7.25. The average Bonchev–Trinajstić information content (AvgIpc) is 2.84. The van der Waals surface area contributed by atoms with Gasteiger partial charge in [0, 0.05) is 5.39 Å². The molecule has 18 heavy (non-hydrogen) atoms. The lowest BCUT2D eigenvalue weighted by atomic mass is 10.2. The molecule has 0 aliphatic carbocycles. The predicted octanol–water partition coefficient (Wildman–Crippen LogP) is 3.72. The Bertz CT molecular complexity index is 582. The highest BCUT2D eigenvalue weighted by molar-refractivity contribution is 9.10. The van der Waals surface area contributed by atoms with Crippen molar-refractivity contribution in [3.8, 4) is 5.75 Å². The largest absolute Gasteiger partial charge is 0.505 e. The second-order valence-corrected chi connectivity index (χ2v) is 5.42. The lowest BCUT2D eigenvalue weighted by Gasteiger charge is -2.06. The number of thiophene rings is 1. The second kappa shape index (κ2) is 5.67. The fraction of sp³-hybridized carbons (Fsp3) is 0.333. The van der Waals surface area contributed by atoms with Gasteiger partial charge in [-0.25, -0.2) is 9.78 Å². The van der Waals surface area contributed by atoms with Gasteiger partial charge >= 0.3 is 5.97 Å². The number of nitrogens with zero attached hydrogens (tertiary/aromatic N) is 1. The quantitative estimate of drug-likeness (QED) is 0.527. The minimum absolute atomic E-state index is 0.0381. The number of ether oxygens (including phenoxy) is 1. The van der Waals surface area contributed by atoms with Crippen LogP contribution in [0.1, 0.15) is 30.3 Å². The van der Waals surface area contributed by atoms with Crippen LogP contribution in [0.25, 0.3) is 10.1 Å². The molecule has 1 N–H and O–H groups in total. The van der Waals surface area contributed by atoms with Crippen molar-refractivity contribution in [3.05, 3.63) is 21.7 Å². The predicted molar refractivity (Wildman–Crippen MR) is 74.2 cm³/mol. The number of hydrogen-bond donors (Lipinski definition) is 1. The second-order valence-electron chi connectivity index (χ2n) is 3.75. The molecule has 0 fully saturated rings. The molecule has 0 spiro atoms. The number of aromatic hydroxyl groups is 1. The maximum Gasteiger partial charge on any atom is 0.360 e. The Labute approximate surface area is 117 Å². The minimum atomic E-state index is -0.588. The van der Waals surface area contributed by atoms with Crippen molar-refractivity contribution in [2.24, 2.45) is 0 Å². The van der Waals surface area contributed by atoms with E-state index in [-0.39, 0.29) is 11.4 Å². The summed E-state index contributed by atoms with van der Waals surface area (Å²) in [5.41, 5.74) is -0.0381. The molecule has 2 heterocycles. The standard InChI is InChI=1S/C12H12BrNO3S/c1-2-3-5-17-12(16)8-9(15)7-4-6-18-10(7)11(13)14-8/h4,6,15H,2-3,5H2,1H3. The first-order chi connectivity index (χ1) is 8.65. The molecule has 0 aliphatic heterocycles. The molecular weight excluding hydrogens is 318 g/mol. The van der Waals surface area contributed by atoms with Crippen molar-refractivity contribution >= 4 is 43.3 Å². The molecule has 2 rings (SSSR count). The number of carbonyl (C=O) groups is 1. The number of halogens is 1. The molecule has 0 amide bonds. The summed E-state index contributed by atoms with van der Waals surface area (Å²) in [6.07, 6.45) is 1.74. The van der Waals surface area contributed by atoms with Crippen LogP contribution in [0, 0.1) is 0 Å². The molecular formula is C12H12BrNO3S. The summed E-state index contributed by atoms with van der Waals surface area (Å²) in [6, 6.07) is 1.75. The zero-order valence-electron chi connectivity index (χ0n) is 9.77. The average molecular weight is 330 g/mol. The first-order valence-electron chi connectivity index (χ1n) is 5.58. The van der Waals surface area contributed by atoms with E-state index in [9.17, 15) is 9.90 Å². The first kappa shape index (κ1) is 13.3. The molecule has 0 unspecified atom stereocenters. The summed E-state index contributed by atoms with van der Waals surface area (Å²) in [5.74, 6) is -0.703. The topological polar surface area (TPSA) is 59.4 Å². The fourth-order valence-electron chi connectivity index (χ4n) is 1.50. The molecule has 2 aromatic rings. The number of unbranched alkanes of at least 4 members (excludes halogenated alkanes) is 1. The maximum absolute atomic E-state index is 11.8. The minimum Gasteiger partial charge on any atom is -0.505 e. The van der Waals surface area contributed by atoms with E-state index >= 15 is 0 Å². The summed E-state index contributed by atoms with van der Waals surface area (Å²) >= 11 is 4.74. The number of fused-ring (bicyclic) bond motifs is 1. The summed E-state index contributed by atoms with van der Waals surface area (Å²) < 4.78 is 6.42. The van der Waals surface area contributed by atoms with E-state index in [0.29, 0.717) is 16.6 Å². The van der Waals surface area contributed by atoms with Crippen LogP contribution < -0.4 is 0 Å². The Balaban J connectivity index is 2.33. The molecule has 96 valence electrons. The number of rotatable bonds is 4. The Morgan fingerprint density at radius 3 is 3.11 bits per heavy atom. The van der Waals surface area contributed by atoms with E-state index in [0.717, 1.165) is 17.5 Å². The third kappa shape index (κ3) is 2.49. The smallest absolute Gasteiger partial charge is 0.360 e. The van der Waals surface area contributed by atoms with Crippen molar-refractivity contribution in [2.45, 2.75) is 19.8 Å². The lowest BCUT2D eigenvalue weighted by molar-refractivity contribution is 0.0489. The highest BCUT2D eigenvalue weighted by atomic mass is 79.9. The van der Waals surface area contributed by atoms with Crippen LogP contribution in [0.3, 0.4) is 0 Å². The van der Waals surface area contributed by atoms with Crippen LogP contribution in [0.15, 0.2) is 16.0 Å². The fourth-order valence-corrected chi connectivity index (χ4v) is 2.95. The van der Waals surface area contributed by atoms with Gasteiger partial charge in [-0.1, -0.05) is 13.3 Å². The number of carbonyl (C=O) groups excluding carboxylic acids is 1. The summed E-state index contributed by atoms with van der Waals surface area (Å²) in [6.45, 7) is 2.35. The van der Waals surface area contributed by atoms with Crippen molar-refractivity contribution < 1.29 is 14.6 Å². The number of aromatic nitrogens is 1. The summed E-state index contributed by atoms with van der Waals surface area (Å²) in [5, 5.41) is 12.5. The van der Waals surface area contributed by atoms with Crippen molar-refractivity contribution in [1.82, 2.24) is 4.98 Å². The van der Waals surface area contributed by atoms with Crippen LogP contribution in [0.5, 0.6) is 5.75 Å². The van der Waals surface area contributed by atoms with Gasteiger partial charge in [-0.3, -0.25) is 0 Å². The van der Waals surface area contributed by atoms with Gasteiger partial charge in [0.1, 0.15) is 4.60 Å². The summed E-state index contributed by atoms with van der Waals surface area (Å²) in [7, 11) is 0. The van der Waals surface area contributed by atoms with Gasteiger partial charge < -0.3 is 9.84 Å². The Morgan fingerprint density at radius 2 is 2.39 bits per heavy atom. The third-order valence-electron chi connectivity index (χ3n) is 2.47. The molecule has 0 saturated carbocycles. The van der Waals surface area contributed by atoms with Crippen LogP contribution in [0.2, 0.25) is 0 Å². The molecule has 0 radical (unpaired) electrons. The molecule has 6 heteroatoms. The monoisotopic (exact) mass is 329 g/mol. The molecule has 0 aliphatic rings. The van der Waals surface area contributed by atoms with Gasteiger partial charge in [-0.2, -0.15) is 0 Å². The molecule has 0 atom stereocenters. The van der Waals surface area contributed by atoms with E-state index in [1.54, 1.807) is 6.07 Å². The summed E-state index contributed by atoms with van der Waals surface area (Å²) in [4.78, 5) is 15.9. The number of esters is 1. The Hall–Kier alpha value is -1.14. The normalized spacial score (nSPS) is 10.8. The zero-order valence-corrected chi connectivity index (χ0v) is 12.2. The Kier molecular flexibility index (Phi) is 4.19. The van der Waals surface area contributed by atoms with Crippen LogP contribution >= 0.6 is 27.3 Å². The lowest BCUT2D eigenvalue weighted by Crippen LogP contribution is -2.09. The number of pyridine rings is 1. The van der Waals surface area contributed by atoms with Crippen LogP contribution in [0.4, 0.5) is 0 Å². The van der Waals surface area contributed by atoms with Gasteiger partial charge in [-0.15, -0.1) is 11.3 Å². The molecule has 4 nitrogen and oxygen atoms in total. The SMILES string of the molecule is CCCCOC(=O)c1nc(Br)c2sccc2c1O. The van der Waals surface area contributed by atoms with E-state index in [1.165, 1.54) is 11.3 Å². The molecule has 0 saturated heterocycles. The van der Waals surface area contributed by atoms with E-state index < -0.39 is 5.97 Å². The van der Waals surface area contributed by atoms with Gasteiger partial charge in [0.05, 0.1) is 11.3 Å². The van der Waals surface area contributed by atoms with Crippen molar-refractivity contribution in [2.75, 3.05) is 6.61 Å².